The Balaban J connectivity index is 3.08. The Morgan fingerprint density at radius 2 is 2.00 bits per heavy atom. The van der Waals surface area contributed by atoms with Crippen LogP contribution in [0, 0.1) is 6.92 Å². The summed E-state index contributed by atoms with van der Waals surface area (Å²) >= 11 is 3.30. The van der Waals surface area contributed by atoms with Gasteiger partial charge >= 0.3 is 0 Å². The molecule has 1 aromatic rings. The molecule has 0 atom stereocenters. The van der Waals surface area contributed by atoms with Crippen LogP contribution in [-0.4, -0.2) is 24.1 Å². The van der Waals surface area contributed by atoms with Gasteiger partial charge in [-0.05, 0) is 28.9 Å². The van der Waals surface area contributed by atoms with Gasteiger partial charge in [-0.3, -0.25) is 0 Å². The van der Waals surface area contributed by atoms with Gasteiger partial charge in [0.05, 0.1) is 0 Å². The predicted octanol–water partition coefficient (Wildman–Crippen LogP) is 1.61. The fourth-order valence-electron chi connectivity index (χ4n) is 0.715. The van der Waals surface area contributed by atoms with Crippen LogP contribution in [0.25, 0.3) is 0 Å². The number of aryl methyl sites for hydroxylation is 1. The van der Waals surface area contributed by atoms with Gasteiger partial charge in [0, 0.05) is 19.8 Å². The molecule has 0 aliphatic rings. The monoisotopic (exact) mass is 215 g/mol. The largest absolute Gasteiger partial charge is 0.347 e. The van der Waals surface area contributed by atoms with Crippen molar-refractivity contribution < 1.29 is 0 Å². The van der Waals surface area contributed by atoms with E-state index in [1.54, 1.807) is 0 Å². The molecule has 0 radical (unpaired) electrons. The van der Waals surface area contributed by atoms with E-state index in [-0.39, 0.29) is 0 Å². The average molecular weight is 216 g/mol. The lowest BCUT2D eigenvalue weighted by Gasteiger charge is -2.09. The van der Waals surface area contributed by atoms with E-state index < -0.39 is 0 Å². The van der Waals surface area contributed by atoms with E-state index in [0.29, 0.717) is 0 Å². The second kappa shape index (κ2) is 3.17. The Morgan fingerprint density at radius 1 is 1.36 bits per heavy atom. The first-order valence-electron chi connectivity index (χ1n) is 3.28. The summed E-state index contributed by atoms with van der Waals surface area (Å²) in [7, 11) is 3.84. The molecule has 60 valence electrons. The number of anilines is 1. The fraction of sp³-hybridized carbons (Fsp3) is 0.429. The molecule has 0 bridgehead atoms. The highest BCUT2D eigenvalue weighted by Gasteiger charge is 2.00. The molecule has 0 N–H and O–H groups in total. The Bertz CT molecular complexity index is 240. The third-order valence-corrected chi connectivity index (χ3v) is 1.62. The highest BCUT2D eigenvalue weighted by molar-refractivity contribution is 9.10. The fourth-order valence-corrected chi connectivity index (χ4v) is 1.21. The maximum absolute atomic E-state index is 4.22. The Morgan fingerprint density at radius 3 is 2.45 bits per heavy atom. The van der Waals surface area contributed by atoms with Crippen molar-refractivity contribution in [3.8, 4) is 0 Å². The molecule has 1 heterocycles. The summed E-state index contributed by atoms with van der Waals surface area (Å²) in [6, 6.07) is 1.88. The van der Waals surface area contributed by atoms with Crippen LogP contribution in [0.4, 0.5) is 5.95 Å². The molecule has 0 aromatic carbocycles. The first-order chi connectivity index (χ1) is 5.09. The molecule has 0 saturated heterocycles. The van der Waals surface area contributed by atoms with Crippen molar-refractivity contribution in [3.05, 3.63) is 16.4 Å². The maximum atomic E-state index is 4.22. The zero-order valence-electron chi connectivity index (χ0n) is 6.80. The lowest BCUT2D eigenvalue weighted by molar-refractivity contribution is 0.966. The summed E-state index contributed by atoms with van der Waals surface area (Å²) in [6.07, 6.45) is 0. The van der Waals surface area contributed by atoms with Crippen molar-refractivity contribution in [1.82, 2.24) is 9.97 Å². The summed E-state index contributed by atoms with van der Waals surface area (Å²) in [4.78, 5) is 10.3. The standard InChI is InChI=1S/C7H10BrN3/c1-5-4-6(8)10-7(9-5)11(2)3/h4H,1-3H3. The van der Waals surface area contributed by atoms with E-state index in [1.165, 1.54) is 0 Å². The van der Waals surface area contributed by atoms with E-state index in [2.05, 4.69) is 25.9 Å². The van der Waals surface area contributed by atoms with Gasteiger partial charge in [-0.15, -0.1) is 0 Å². The molecular weight excluding hydrogens is 206 g/mol. The topological polar surface area (TPSA) is 29.0 Å². The summed E-state index contributed by atoms with van der Waals surface area (Å²) in [5.41, 5.74) is 0.968. The van der Waals surface area contributed by atoms with E-state index >= 15 is 0 Å². The highest BCUT2D eigenvalue weighted by Crippen LogP contribution is 2.11. The van der Waals surface area contributed by atoms with Crippen molar-refractivity contribution in [1.29, 1.82) is 0 Å². The van der Waals surface area contributed by atoms with Gasteiger partial charge in [0.25, 0.3) is 0 Å². The predicted molar refractivity (Wildman–Crippen MR) is 48.8 cm³/mol. The number of hydrogen-bond acceptors (Lipinski definition) is 3. The van der Waals surface area contributed by atoms with Crippen LogP contribution >= 0.6 is 15.9 Å². The molecule has 0 spiro atoms. The molecule has 0 unspecified atom stereocenters. The maximum Gasteiger partial charge on any atom is 0.226 e. The molecule has 0 fully saturated rings. The van der Waals surface area contributed by atoms with Crippen LogP contribution in [0.5, 0.6) is 0 Å². The third-order valence-electron chi connectivity index (χ3n) is 1.21. The van der Waals surface area contributed by atoms with Crippen molar-refractivity contribution in [3.63, 3.8) is 0 Å². The third kappa shape index (κ3) is 2.15. The number of hydrogen-bond donors (Lipinski definition) is 0. The normalized spacial score (nSPS) is 9.82. The molecule has 4 heteroatoms. The molecule has 0 amide bonds. The second-order valence-electron chi connectivity index (χ2n) is 2.53. The van der Waals surface area contributed by atoms with E-state index in [4.69, 9.17) is 0 Å². The molecule has 11 heavy (non-hydrogen) atoms. The first kappa shape index (κ1) is 8.46. The zero-order valence-corrected chi connectivity index (χ0v) is 8.38. The van der Waals surface area contributed by atoms with Gasteiger partial charge in [-0.2, -0.15) is 0 Å². The van der Waals surface area contributed by atoms with Crippen molar-refractivity contribution in [2.75, 3.05) is 19.0 Å². The number of halogens is 1. The number of aromatic nitrogens is 2. The minimum absolute atomic E-state index is 0.733. The summed E-state index contributed by atoms with van der Waals surface area (Å²) in [5, 5.41) is 0. The SMILES string of the molecule is Cc1cc(Br)nc(N(C)C)n1. The van der Waals surface area contributed by atoms with Crippen LogP contribution in [0.1, 0.15) is 5.69 Å². The van der Waals surface area contributed by atoms with Crippen LogP contribution in [0.15, 0.2) is 10.7 Å². The minimum atomic E-state index is 0.733. The zero-order chi connectivity index (χ0) is 8.43. The highest BCUT2D eigenvalue weighted by atomic mass is 79.9. The molecule has 1 rings (SSSR count). The Hall–Kier alpha value is -0.640. The molecule has 3 nitrogen and oxygen atoms in total. The second-order valence-corrected chi connectivity index (χ2v) is 3.34. The van der Waals surface area contributed by atoms with Crippen LogP contribution in [0.3, 0.4) is 0 Å². The van der Waals surface area contributed by atoms with Gasteiger partial charge < -0.3 is 4.90 Å². The smallest absolute Gasteiger partial charge is 0.226 e. The van der Waals surface area contributed by atoms with Gasteiger partial charge in [0.1, 0.15) is 4.60 Å². The lowest BCUT2D eigenvalue weighted by atomic mass is 10.5. The number of rotatable bonds is 1. The van der Waals surface area contributed by atoms with Crippen LogP contribution < -0.4 is 4.90 Å². The quantitative estimate of drug-likeness (QED) is 0.668. The molecule has 0 saturated carbocycles. The summed E-state index contributed by atoms with van der Waals surface area (Å²) < 4.78 is 0.828. The molecule has 0 aliphatic heterocycles. The Labute approximate surface area is 74.6 Å². The lowest BCUT2D eigenvalue weighted by Crippen LogP contribution is -2.13. The number of nitrogens with zero attached hydrogens (tertiary/aromatic N) is 3. The van der Waals surface area contributed by atoms with Crippen molar-refractivity contribution >= 4 is 21.9 Å². The van der Waals surface area contributed by atoms with Gasteiger partial charge in [-0.1, -0.05) is 0 Å². The van der Waals surface area contributed by atoms with Crippen molar-refractivity contribution in [2.45, 2.75) is 6.92 Å². The first-order valence-corrected chi connectivity index (χ1v) is 4.07. The summed E-state index contributed by atoms with van der Waals surface area (Å²) in [6.45, 7) is 1.94. The van der Waals surface area contributed by atoms with Crippen LogP contribution in [-0.2, 0) is 0 Å². The van der Waals surface area contributed by atoms with Crippen LogP contribution in [0.2, 0.25) is 0 Å². The molecule has 0 aliphatic carbocycles. The minimum Gasteiger partial charge on any atom is -0.347 e. The van der Waals surface area contributed by atoms with Gasteiger partial charge in [0.2, 0.25) is 5.95 Å². The van der Waals surface area contributed by atoms with Gasteiger partial charge in [-0.25, -0.2) is 9.97 Å². The van der Waals surface area contributed by atoms with E-state index in [1.807, 2.05) is 32.0 Å². The average Bonchev–Trinajstić information content (AvgIpc) is 1.85. The Kier molecular flexibility index (Phi) is 2.44. The van der Waals surface area contributed by atoms with Crippen molar-refractivity contribution in [2.24, 2.45) is 0 Å². The molecular formula is C7H10BrN3. The van der Waals surface area contributed by atoms with E-state index in [0.717, 1.165) is 16.2 Å². The summed E-state index contributed by atoms with van der Waals surface area (Å²) in [5.74, 6) is 0.733. The van der Waals surface area contributed by atoms with E-state index in [9.17, 15) is 0 Å². The van der Waals surface area contributed by atoms with Gasteiger partial charge in [0.15, 0.2) is 0 Å². The molecule has 1 aromatic heterocycles.